The standard InChI is InChI=1S/C18H29N3O3/c1-7-9-16(20-21(19-3)12-13-22-4)14(2)15-10-8-11-17(23-5)18(15)24-6/h8,10-11,14H,3,7,9,12-13H2,1-2,4-6H3/b20-16+. The van der Waals surface area contributed by atoms with Gasteiger partial charge >= 0.3 is 0 Å². The molecule has 0 saturated carbocycles. The topological polar surface area (TPSA) is 55.7 Å². The van der Waals surface area contributed by atoms with Gasteiger partial charge in [0.05, 0.1) is 27.4 Å². The van der Waals surface area contributed by atoms with E-state index in [0.717, 1.165) is 35.6 Å². The maximum Gasteiger partial charge on any atom is 0.164 e. The van der Waals surface area contributed by atoms with Crippen LogP contribution in [0.5, 0.6) is 11.5 Å². The first kappa shape index (κ1) is 20.0. The van der Waals surface area contributed by atoms with Crippen LogP contribution in [0.4, 0.5) is 0 Å². The second-order valence-electron chi connectivity index (χ2n) is 5.38. The summed E-state index contributed by atoms with van der Waals surface area (Å²) < 4.78 is 16.1. The predicted molar refractivity (Wildman–Crippen MR) is 98.4 cm³/mol. The van der Waals surface area contributed by atoms with Crippen molar-refractivity contribution in [3.05, 3.63) is 23.8 Å². The Morgan fingerprint density at radius 3 is 2.54 bits per heavy atom. The van der Waals surface area contributed by atoms with E-state index in [9.17, 15) is 0 Å². The number of para-hydroxylation sites is 1. The van der Waals surface area contributed by atoms with Gasteiger partial charge in [0.2, 0.25) is 0 Å². The zero-order valence-corrected chi connectivity index (χ0v) is 15.4. The minimum Gasteiger partial charge on any atom is -0.493 e. The van der Waals surface area contributed by atoms with Gasteiger partial charge in [-0.25, -0.2) is 0 Å². The molecule has 1 rings (SSSR count). The number of methoxy groups -OCH3 is 3. The Balaban J connectivity index is 3.18. The first-order valence-corrected chi connectivity index (χ1v) is 8.14. The van der Waals surface area contributed by atoms with E-state index >= 15 is 0 Å². The van der Waals surface area contributed by atoms with Gasteiger partial charge in [-0.3, -0.25) is 0 Å². The normalized spacial score (nSPS) is 12.6. The first-order valence-electron chi connectivity index (χ1n) is 8.14. The van der Waals surface area contributed by atoms with Crippen molar-refractivity contribution < 1.29 is 14.2 Å². The van der Waals surface area contributed by atoms with Gasteiger partial charge in [0.15, 0.2) is 11.5 Å². The Morgan fingerprint density at radius 1 is 1.25 bits per heavy atom. The fourth-order valence-corrected chi connectivity index (χ4v) is 2.52. The number of ether oxygens (including phenoxy) is 3. The molecule has 0 spiro atoms. The van der Waals surface area contributed by atoms with Gasteiger partial charge < -0.3 is 14.2 Å². The minimum atomic E-state index is 0.0711. The molecule has 0 N–H and O–H groups in total. The lowest BCUT2D eigenvalue weighted by molar-refractivity contribution is 0.153. The average molecular weight is 335 g/mol. The second-order valence-corrected chi connectivity index (χ2v) is 5.38. The van der Waals surface area contributed by atoms with Crippen molar-refractivity contribution in [3.8, 4) is 11.5 Å². The van der Waals surface area contributed by atoms with Gasteiger partial charge in [-0.15, -0.1) is 0 Å². The number of rotatable bonds is 11. The molecule has 0 radical (unpaired) electrons. The molecule has 1 atom stereocenters. The van der Waals surface area contributed by atoms with E-state index in [0.29, 0.717) is 13.2 Å². The molecule has 0 bridgehead atoms. The van der Waals surface area contributed by atoms with Gasteiger partial charge in [-0.1, -0.05) is 32.4 Å². The molecule has 0 fully saturated rings. The second kappa shape index (κ2) is 10.6. The van der Waals surface area contributed by atoms with Crippen LogP contribution in [0, 0.1) is 0 Å². The monoisotopic (exact) mass is 335 g/mol. The molecular formula is C18H29N3O3. The summed E-state index contributed by atoms with van der Waals surface area (Å²) in [4.78, 5) is 0. The van der Waals surface area contributed by atoms with Crippen molar-refractivity contribution in [1.82, 2.24) is 5.12 Å². The molecule has 6 heteroatoms. The maximum absolute atomic E-state index is 5.56. The molecule has 1 unspecified atom stereocenters. The van der Waals surface area contributed by atoms with Gasteiger partial charge in [0.1, 0.15) is 0 Å². The fraction of sp³-hybridized carbons (Fsp3) is 0.556. The highest BCUT2D eigenvalue weighted by Gasteiger charge is 2.20. The Labute approximate surface area is 145 Å². The number of hydrogen-bond donors (Lipinski definition) is 0. The van der Waals surface area contributed by atoms with Crippen LogP contribution in [0.15, 0.2) is 28.4 Å². The number of hydrazone groups is 2. The van der Waals surface area contributed by atoms with Gasteiger partial charge in [-0.05, 0) is 12.5 Å². The number of benzene rings is 1. The molecule has 0 aliphatic rings. The highest BCUT2D eigenvalue weighted by atomic mass is 16.5. The zero-order chi connectivity index (χ0) is 17.9. The van der Waals surface area contributed by atoms with Crippen LogP contribution in [0.3, 0.4) is 0 Å². The van der Waals surface area contributed by atoms with Crippen LogP contribution in [0.1, 0.15) is 38.2 Å². The smallest absolute Gasteiger partial charge is 0.164 e. The highest BCUT2D eigenvalue weighted by Crippen LogP contribution is 2.36. The third-order valence-electron chi connectivity index (χ3n) is 3.81. The number of hydrogen-bond acceptors (Lipinski definition) is 6. The summed E-state index contributed by atoms with van der Waals surface area (Å²) >= 11 is 0. The Bertz CT molecular complexity index is 546. The van der Waals surface area contributed by atoms with Crippen molar-refractivity contribution in [2.75, 3.05) is 34.5 Å². The lowest BCUT2D eigenvalue weighted by Crippen LogP contribution is -2.21. The minimum absolute atomic E-state index is 0.0711. The molecule has 1 aromatic rings. The Kier molecular flexibility index (Phi) is 8.86. The molecule has 0 amide bonds. The van der Waals surface area contributed by atoms with E-state index in [4.69, 9.17) is 14.2 Å². The van der Waals surface area contributed by atoms with Gasteiger partial charge in [-0.2, -0.15) is 15.3 Å². The summed E-state index contributed by atoms with van der Waals surface area (Å²) in [6, 6.07) is 5.89. The van der Waals surface area contributed by atoms with Crippen LogP contribution < -0.4 is 9.47 Å². The quantitative estimate of drug-likeness (QED) is 0.458. The van der Waals surface area contributed by atoms with Crippen LogP contribution in [0.25, 0.3) is 0 Å². The summed E-state index contributed by atoms with van der Waals surface area (Å²) in [6.45, 7) is 8.94. The summed E-state index contributed by atoms with van der Waals surface area (Å²) in [5.74, 6) is 1.53. The van der Waals surface area contributed by atoms with Crippen LogP contribution in [-0.4, -0.2) is 52.0 Å². The zero-order valence-electron chi connectivity index (χ0n) is 15.4. The van der Waals surface area contributed by atoms with Crippen molar-refractivity contribution >= 4 is 12.4 Å². The van der Waals surface area contributed by atoms with Crippen LogP contribution in [0.2, 0.25) is 0 Å². The largest absolute Gasteiger partial charge is 0.493 e. The predicted octanol–water partition coefficient (Wildman–Crippen LogP) is 3.53. The van der Waals surface area contributed by atoms with E-state index in [1.807, 2.05) is 18.2 Å². The van der Waals surface area contributed by atoms with Gasteiger partial charge in [0, 0.05) is 31.0 Å². The third-order valence-corrected chi connectivity index (χ3v) is 3.81. The van der Waals surface area contributed by atoms with Crippen molar-refractivity contribution in [1.29, 1.82) is 0 Å². The van der Waals surface area contributed by atoms with E-state index in [1.54, 1.807) is 26.4 Å². The molecular weight excluding hydrogens is 306 g/mol. The average Bonchev–Trinajstić information content (AvgIpc) is 2.62. The molecule has 6 nitrogen and oxygen atoms in total. The van der Waals surface area contributed by atoms with Crippen LogP contribution in [-0.2, 0) is 4.74 Å². The first-order chi connectivity index (χ1) is 11.6. The lowest BCUT2D eigenvalue weighted by Gasteiger charge is -2.21. The fourth-order valence-electron chi connectivity index (χ4n) is 2.52. The highest BCUT2D eigenvalue weighted by molar-refractivity contribution is 5.91. The Hall–Kier alpha value is -2.08. The molecule has 1 aromatic carbocycles. The molecule has 134 valence electrons. The SMILES string of the molecule is C=NN(CCOC)/N=C(\CCC)C(C)c1cccc(OC)c1OC. The summed E-state index contributed by atoms with van der Waals surface area (Å²) in [5.41, 5.74) is 2.06. The molecule has 0 aliphatic carbocycles. The van der Waals surface area contributed by atoms with Crippen molar-refractivity contribution in [3.63, 3.8) is 0 Å². The number of nitrogens with zero attached hydrogens (tertiary/aromatic N) is 3. The van der Waals surface area contributed by atoms with E-state index < -0.39 is 0 Å². The molecule has 0 heterocycles. The van der Waals surface area contributed by atoms with Crippen molar-refractivity contribution in [2.45, 2.75) is 32.6 Å². The molecule has 0 aliphatic heterocycles. The van der Waals surface area contributed by atoms with E-state index in [2.05, 4.69) is 30.8 Å². The summed E-state index contributed by atoms with van der Waals surface area (Å²) in [7, 11) is 4.95. The van der Waals surface area contributed by atoms with Gasteiger partial charge in [0.25, 0.3) is 0 Å². The third kappa shape index (κ3) is 5.23. The molecule has 24 heavy (non-hydrogen) atoms. The maximum atomic E-state index is 5.56. The van der Waals surface area contributed by atoms with E-state index in [-0.39, 0.29) is 5.92 Å². The van der Waals surface area contributed by atoms with Crippen LogP contribution >= 0.6 is 0 Å². The summed E-state index contributed by atoms with van der Waals surface area (Å²) in [5, 5.41) is 10.2. The van der Waals surface area contributed by atoms with E-state index in [1.165, 1.54) is 0 Å². The molecule has 0 saturated heterocycles. The molecule has 0 aromatic heterocycles. The van der Waals surface area contributed by atoms with Crippen molar-refractivity contribution in [2.24, 2.45) is 10.2 Å². The lowest BCUT2D eigenvalue weighted by atomic mass is 9.92. The summed E-state index contributed by atoms with van der Waals surface area (Å²) in [6.07, 6.45) is 1.85. The Morgan fingerprint density at radius 2 is 2.00 bits per heavy atom.